The Morgan fingerprint density at radius 2 is 2.12 bits per heavy atom. The molecule has 0 aromatic carbocycles. The standard InChI is InChI=1S/C13H23NO2/c1-4-9-16-10-12-5-7-14(8-6-12)13(15)11(2)3/h4,11-12H,1,5-10H2,2-3H3. The van der Waals surface area contributed by atoms with Gasteiger partial charge in [0.1, 0.15) is 0 Å². The van der Waals surface area contributed by atoms with Crippen LogP contribution in [0.2, 0.25) is 0 Å². The van der Waals surface area contributed by atoms with Crippen LogP contribution in [0.4, 0.5) is 0 Å². The third-order valence-corrected chi connectivity index (χ3v) is 3.01. The van der Waals surface area contributed by atoms with Crippen molar-refractivity contribution in [1.29, 1.82) is 0 Å². The zero-order valence-corrected chi connectivity index (χ0v) is 10.4. The van der Waals surface area contributed by atoms with Crippen LogP contribution < -0.4 is 0 Å². The molecule has 92 valence electrons. The fraction of sp³-hybridized carbons (Fsp3) is 0.769. The van der Waals surface area contributed by atoms with Gasteiger partial charge in [-0.3, -0.25) is 4.79 Å². The van der Waals surface area contributed by atoms with Crippen molar-refractivity contribution >= 4 is 5.91 Å². The van der Waals surface area contributed by atoms with Gasteiger partial charge in [-0.2, -0.15) is 0 Å². The number of carbonyl (C=O) groups is 1. The number of nitrogens with zero attached hydrogens (tertiary/aromatic N) is 1. The van der Waals surface area contributed by atoms with E-state index in [-0.39, 0.29) is 11.8 Å². The summed E-state index contributed by atoms with van der Waals surface area (Å²) in [5.41, 5.74) is 0. The van der Waals surface area contributed by atoms with Gasteiger partial charge in [-0.25, -0.2) is 0 Å². The van der Waals surface area contributed by atoms with Crippen molar-refractivity contribution in [2.24, 2.45) is 11.8 Å². The lowest BCUT2D eigenvalue weighted by Gasteiger charge is -2.32. The van der Waals surface area contributed by atoms with Crippen molar-refractivity contribution in [2.75, 3.05) is 26.3 Å². The molecule has 0 unspecified atom stereocenters. The zero-order valence-electron chi connectivity index (χ0n) is 10.4. The molecule has 0 aliphatic carbocycles. The molecule has 1 amide bonds. The smallest absolute Gasteiger partial charge is 0.225 e. The molecule has 1 aliphatic rings. The first kappa shape index (κ1) is 13.2. The average Bonchev–Trinajstić information content (AvgIpc) is 2.29. The Labute approximate surface area is 98.5 Å². The summed E-state index contributed by atoms with van der Waals surface area (Å²) in [7, 11) is 0. The quantitative estimate of drug-likeness (QED) is 0.529. The molecule has 3 nitrogen and oxygen atoms in total. The van der Waals surface area contributed by atoms with Gasteiger partial charge >= 0.3 is 0 Å². The number of rotatable bonds is 5. The first-order valence-corrected chi connectivity index (χ1v) is 6.12. The highest BCUT2D eigenvalue weighted by Gasteiger charge is 2.23. The summed E-state index contributed by atoms with van der Waals surface area (Å²) in [4.78, 5) is 13.7. The second kappa shape index (κ2) is 6.69. The van der Waals surface area contributed by atoms with Gasteiger partial charge in [0, 0.05) is 25.6 Å². The summed E-state index contributed by atoms with van der Waals surface area (Å²) < 4.78 is 5.44. The van der Waals surface area contributed by atoms with Gasteiger partial charge in [0.15, 0.2) is 0 Å². The van der Waals surface area contributed by atoms with Crippen LogP contribution in [0.3, 0.4) is 0 Å². The van der Waals surface area contributed by atoms with E-state index in [4.69, 9.17) is 4.74 Å². The third kappa shape index (κ3) is 3.97. The average molecular weight is 225 g/mol. The maximum Gasteiger partial charge on any atom is 0.225 e. The highest BCUT2D eigenvalue weighted by molar-refractivity contribution is 5.78. The van der Waals surface area contributed by atoms with E-state index in [1.54, 1.807) is 6.08 Å². The molecule has 1 rings (SSSR count). The Morgan fingerprint density at radius 3 is 2.62 bits per heavy atom. The minimum absolute atomic E-state index is 0.119. The molecule has 1 aliphatic heterocycles. The van der Waals surface area contributed by atoms with Crippen molar-refractivity contribution < 1.29 is 9.53 Å². The molecule has 0 bridgehead atoms. The fourth-order valence-electron chi connectivity index (χ4n) is 2.00. The summed E-state index contributed by atoms with van der Waals surface area (Å²) >= 11 is 0. The molecule has 1 saturated heterocycles. The van der Waals surface area contributed by atoms with Crippen molar-refractivity contribution in [2.45, 2.75) is 26.7 Å². The molecule has 0 spiro atoms. The fourth-order valence-corrected chi connectivity index (χ4v) is 2.00. The predicted molar refractivity (Wildman–Crippen MR) is 65.2 cm³/mol. The number of piperidine rings is 1. The Balaban J connectivity index is 2.23. The highest BCUT2D eigenvalue weighted by Crippen LogP contribution is 2.18. The SMILES string of the molecule is C=CCOCC1CCN(C(=O)C(C)C)CC1. The molecule has 1 heterocycles. The van der Waals surface area contributed by atoms with Gasteiger partial charge in [0.2, 0.25) is 5.91 Å². The number of likely N-dealkylation sites (tertiary alicyclic amines) is 1. The summed E-state index contributed by atoms with van der Waals surface area (Å²) in [5, 5.41) is 0. The number of amides is 1. The van der Waals surface area contributed by atoms with Gasteiger partial charge in [-0.1, -0.05) is 19.9 Å². The topological polar surface area (TPSA) is 29.5 Å². The number of ether oxygens (including phenoxy) is 1. The van der Waals surface area contributed by atoms with Crippen LogP contribution >= 0.6 is 0 Å². The first-order valence-electron chi connectivity index (χ1n) is 6.12. The van der Waals surface area contributed by atoms with E-state index in [0.29, 0.717) is 12.5 Å². The molecule has 0 aromatic rings. The second-order valence-corrected chi connectivity index (χ2v) is 4.75. The van der Waals surface area contributed by atoms with Crippen molar-refractivity contribution in [3.63, 3.8) is 0 Å². The Hall–Kier alpha value is -0.830. The highest BCUT2D eigenvalue weighted by atomic mass is 16.5. The molecular weight excluding hydrogens is 202 g/mol. The lowest BCUT2D eigenvalue weighted by atomic mass is 9.97. The van der Waals surface area contributed by atoms with Crippen LogP contribution in [0, 0.1) is 11.8 Å². The molecule has 16 heavy (non-hydrogen) atoms. The van der Waals surface area contributed by atoms with Gasteiger partial charge in [0.25, 0.3) is 0 Å². The van der Waals surface area contributed by atoms with E-state index >= 15 is 0 Å². The molecule has 0 N–H and O–H groups in total. The minimum Gasteiger partial charge on any atom is -0.377 e. The maximum absolute atomic E-state index is 11.7. The molecule has 0 saturated carbocycles. The van der Waals surface area contributed by atoms with Gasteiger partial charge in [0.05, 0.1) is 6.61 Å². The number of carbonyl (C=O) groups excluding carboxylic acids is 1. The van der Waals surface area contributed by atoms with E-state index in [1.165, 1.54) is 0 Å². The van der Waals surface area contributed by atoms with Crippen LogP contribution in [0.1, 0.15) is 26.7 Å². The summed E-state index contributed by atoms with van der Waals surface area (Å²) in [6, 6.07) is 0. The molecule has 3 heteroatoms. The molecule has 1 fully saturated rings. The van der Waals surface area contributed by atoms with Crippen LogP contribution in [-0.2, 0) is 9.53 Å². The summed E-state index contributed by atoms with van der Waals surface area (Å²) in [5.74, 6) is 1.01. The number of hydrogen-bond donors (Lipinski definition) is 0. The predicted octanol–water partition coefficient (Wildman–Crippen LogP) is 2.08. The Morgan fingerprint density at radius 1 is 1.50 bits per heavy atom. The normalized spacial score (nSPS) is 17.8. The monoisotopic (exact) mass is 225 g/mol. The van der Waals surface area contributed by atoms with E-state index in [2.05, 4.69) is 6.58 Å². The summed E-state index contributed by atoms with van der Waals surface area (Å²) in [6.07, 6.45) is 3.91. The van der Waals surface area contributed by atoms with Crippen LogP contribution in [0.5, 0.6) is 0 Å². The molecule has 0 radical (unpaired) electrons. The molecular formula is C13H23NO2. The zero-order chi connectivity index (χ0) is 12.0. The van der Waals surface area contributed by atoms with Crippen molar-refractivity contribution in [3.05, 3.63) is 12.7 Å². The van der Waals surface area contributed by atoms with Crippen LogP contribution in [-0.4, -0.2) is 37.1 Å². The lowest BCUT2D eigenvalue weighted by Crippen LogP contribution is -2.41. The third-order valence-electron chi connectivity index (χ3n) is 3.01. The van der Waals surface area contributed by atoms with E-state index in [9.17, 15) is 4.79 Å². The first-order chi connectivity index (χ1) is 7.65. The maximum atomic E-state index is 11.7. The largest absolute Gasteiger partial charge is 0.377 e. The lowest BCUT2D eigenvalue weighted by molar-refractivity contribution is -0.136. The second-order valence-electron chi connectivity index (χ2n) is 4.75. The van der Waals surface area contributed by atoms with Crippen LogP contribution in [0.25, 0.3) is 0 Å². The minimum atomic E-state index is 0.119. The van der Waals surface area contributed by atoms with Crippen LogP contribution in [0.15, 0.2) is 12.7 Å². The Bertz CT molecular complexity index is 230. The van der Waals surface area contributed by atoms with Crippen molar-refractivity contribution in [3.8, 4) is 0 Å². The Kier molecular flexibility index (Phi) is 5.53. The van der Waals surface area contributed by atoms with Crippen molar-refractivity contribution in [1.82, 2.24) is 4.90 Å². The number of hydrogen-bond acceptors (Lipinski definition) is 2. The van der Waals surface area contributed by atoms with Gasteiger partial charge in [-0.15, -0.1) is 6.58 Å². The van der Waals surface area contributed by atoms with E-state index in [1.807, 2.05) is 18.7 Å². The van der Waals surface area contributed by atoms with E-state index in [0.717, 1.165) is 32.5 Å². The molecule has 0 atom stereocenters. The van der Waals surface area contributed by atoms with E-state index < -0.39 is 0 Å². The van der Waals surface area contributed by atoms with Gasteiger partial charge < -0.3 is 9.64 Å². The van der Waals surface area contributed by atoms with Gasteiger partial charge in [-0.05, 0) is 18.8 Å². The molecule has 0 aromatic heterocycles. The summed E-state index contributed by atoms with van der Waals surface area (Å²) in [6.45, 7) is 10.7.